The molecule has 2 aromatic rings. The number of ether oxygens (including phenoxy) is 2. The molecule has 1 aromatic carbocycles. The summed E-state index contributed by atoms with van der Waals surface area (Å²) >= 11 is 0. The molecular weight excluding hydrogens is 240 g/mol. The zero-order valence-corrected chi connectivity index (χ0v) is 11.4. The summed E-state index contributed by atoms with van der Waals surface area (Å²) in [7, 11) is 1.62. The van der Waals surface area contributed by atoms with Crippen molar-refractivity contribution in [2.24, 2.45) is 5.73 Å². The lowest BCUT2D eigenvalue weighted by atomic mass is 10.2. The van der Waals surface area contributed by atoms with Gasteiger partial charge in [-0.05, 0) is 37.1 Å². The summed E-state index contributed by atoms with van der Waals surface area (Å²) in [6, 6.07) is 9.44. The van der Waals surface area contributed by atoms with Crippen LogP contribution in [0.3, 0.4) is 0 Å². The van der Waals surface area contributed by atoms with Crippen molar-refractivity contribution in [1.29, 1.82) is 0 Å². The third-order valence-corrected chi connectivity index (χ3v) is 2.82. The molecule has 100 valence electrons. The van der Waals surface area contributed by atoms with Gasteiger partial charge in [-0.2, -0.15) is 0 Å². The number of aryl methyl sites for hydroxylation is 1. The third-order valence-electron chi connectivity index (χ3n) is 2.82. The monoisotopic (exact) mass is 258 g/mol. The van der Waals surface area contributed by atoms with E-state index in [-0.39, 0.29) is 6.04 Å². The Morgan fingerprint density at radius 2 is 1.95 bits per heavy atom. The first kappa shape index (κ1) is 13.4. The topological polar surface area (TPSA) is 57.4 Å². The third kappa shape index (κ3) is 3.23. The van der Waals surface area contributed by atoms with Gasteiger partial charge in [0.25, 0.3) is 0 Å². The van der Waals surface area contributed by atoms with Gasteiger partial charge in [0, 0.05) is 18.3 Å². The van der Waals surface area contributed by atoms with E-state index in [2.05, 4.69) is 4.98 Å². The number of nitrogens with two attached hydrogens (primary N) is 1. The van der Waals surface area contributed by atoms with Gasteiger partial charge in [0.05, 0.1) is 7.11 Å². The number of aromatic nitrogens is 1. The van der Waals surface area contributed by atoms with Gasteiger partial charge in [-0.3, -0.25) is 0 Å². The minimum absolute atomic E-state index is 0.0320. The molecule has 2 rings (SSSR count). The number of pyridine rings is 1. The van der Waals surface area contributed by atoms with E-state index >= 15 is 0 Å². The maximum Gasteiger partial charge on any atom is 0.219 e. The van der Waals surface area contributed by atoms with Crippen LogP contribution >= 0.6 is 0 Å². The van der Waals surface area contributed by atoms with E-state index in [9.17, 15) is 0 Å². The van der Waals surface area contributed by atoms with Crippen LogP contribution in [0.5, 0.6) is 17.4 Å². The highest BCUT2D eigenvalue weighted by atomic mass is 16.5. The fraction of sp³-hybridized carbons (Fsp3) is 0.267. The molecule has 0 aliphatic rings. The van der Waals surface area contributed by atoms with Gasteiger partial charge >= 0.3 is 0 Å². The van der Waals surface area contributed by atoms with Gasteiger partial charge < -0.3 is 15.2 Å². The molecular formula is C15H18N2O2. The molecule has 0 fully saturated rings. The first-order valence-corrected chi connectivity index (χ1v) is 6.14. The van der Waals surface area contributed by atoms with Crippen molar-refractivity contribution in [1.82, 2.24) is 4.98 Å². The summed E-state index contributed by atoms with van der Waals surface area (Å²) in [5, 5.41) is 0. The van der Waals surface area contributed by atoms with Crippen LogP contribution in [0.2, 0.25) is 0 Å². The normalized spacial score (nSPS) is 12.0. The number of hydrogen-bond acceptors (Lipinski definition) is 4. The number of methoxy groups -OCH3 is 1. The first-order chi connectivity index (χ1) is 9.10. The number of hydrogen-bond donors (Lipinski definition) is 1. The van der Waals surface area contributed by atoms with Gasteiger partial charge in [0.2, 0.25) is 5.88 Å². The summed E-state index contributed by atoms with van der Waals surface area (Å²) in [6.45, 7) is 3.92. The molecule has 0 radical (unpaired) electrons. The molecule has 4 nitrogen and oxygen atoms in total. The Labute approximate surface area is 113 Å². The second-order valence-electron chi connectivity index (χ2n) is 4.47. The number of benzene rings is 1. The summed E-state index contributed by atoms with van der Waals surface area (Å²) in [5.41, 5.74) is 7.87. The Morgan fingerprint density at radius 1 is 1.16 bits per heavy atom. The van der Waals surface area contributed by atoms with Crippen LogP contribution in [-0.2, 0) is 0 Å². The molecule has 1 heterocycles. The average molecular weight is 258 g/mol. The lowest BCUT2D eigenvalue weighted by Gasteiger charge is -2.11. The largest absolute Gasteiger partial charge is 0.493 e. The Morgan fingerprint density at radius 3 is 2.53 bits per heavy atom. The zero-order chi connectivity index (χ0) is 13.8. The Balaban J connectivity index is 2.21. The first-order valence-electron chi connectivity index (χ1n) is 6.14. The van der Waals surface area contributed by atoms with Crippen molar-refractivity contribution in [2.45, 2.75) is 19.9 Å². The molecule has 2 N–H and O–H groups in total. The van der Waals surface area contributed by atoms with Crippen LogP contribution in [0.15, 0.2) is 36.5 Å². The van der Waals surface area contributed by atoms with E-state index in [1.54, 1.807) is 19.4 Å². The molecule has 4 heteroatoms. The number of nitrogens with zero attached hydrogens (tertiary/aromatic N) is 1. The minimum atomic E-state index is -0.0320. The van der Waals surface area contributed by atoms with Crippen molar-refractivity contribution in [3.05, 3.63) is 47.7 Å². The number of rotatable bonds is 4. The predicted molar refractivity (Wildman–Crippen MR) is 74.6 cm³/mol. The molecule has 1 aromatic heterocycles. The maximum atomic E-state index is 5.78. The second-order valence-corrected chi connectivity index (χ2v) is 4.47. The molecule has 0 bridgehead atoms. The highest BCUT2D eigenvalue weighted by Gasteiger charge is 2.07. The van der Waals surface area contributed by atoms with E-state index in [0.717, 1.165) is 11.1 Å². The highest BCUT2D eigenvalue weighted by Crippen LogP contribution is 2.31. The fourth-order valence-corrected chi connectivity index (χ4v) is 1.69. The summed E-state index contributed by atoms with van der Waals surface area (Å²) < 4.78 is 11.0. The highest BCUT2D eigenvalue weighted by molar-refractivity contribution is 5.44. The Kier molecular flexibility index (Phi) is 4.02. The van der Waals surface area contributed by atoms with Gasteiger partial charge in [-0.25, -0.2) is 4.98 Å². The van der Waals surface area contributed by atoms with Gasteiger partial charge in [-0.15, -0.1) is 0 Å². The molecule has 19 heavy (non-hydrogen) atoms. The lowest BCUT2D eigenvalue weighted by molar-refractivity contribution is 0.373. The van der Waals surface area contributed by atoms with E-state index in [1.165, 1.54) is 0 Å². The van der Waals surface area contributed by atoms with E-state index in [4.69, 9.17) is 15.2 Å². The van der Waals surface area contributed by atoms with Gasteiger partial charge in [0.1, 0.15) is 0 Å². The van der Waals surface area contributed by atoms with Gasteiger partial charge in [-0.1, -0.05) is 12.1 Å². The van der Waals surface area contributed by atoms with Crippen molar-refractivity contribution in [3.8, 4) is 17.4 Å². The van der Waals surface area contributed by atoms with Crippen LogP contribution in [-0.4, -0.2) is 12.1 Å². The van der Waals surface area contributed by atoms with Gasteiger partial charge in [0.15, 0.2) is 11.5 Å². The molecule has 1 unspecified atom stereocenters. The smallest absolute Gasteiger partial charge is 0.219 e. The molecule has 0 amide bonds. The molecule has 1 atom stereocenters. The predicted octanol–water partition coefficient (Wildman–Crippen LogP) is 3.21. The van der Waals surface area contributed by atoms with Crippen LogP contribution < -0.4 is 15.2 Å². The molecule has 0 saturated carbocycles. The average Bonchev–Trinajstić information content (AvgIpc) is 2.41. The minimum Gasteiger partial charge on any atom is -0.493 e. The Hall–Kier alpha value is -2.07. The molecule has 0 spiro atoms. The standard InChI is InChI=1S/C15H18N2O2/c1-10-4-6-13(14(8-10)18-3)19-15-7-5-12(9-17-15)11(2)16/h4-9,11H,16H2,1-3H3. The quantitative estimate of drug-likeness (QED) is 0.914. The van der Waals surface area contributed by atoms with Crippen molar-refractivity contribution in [2.75, 3.05) is 7.11 Å². The van der Waals surface area contributed by atoms with Crippen LogP contribution in [0.4, 0.5) is 0 Å². The van der Waals surface area contributed by atoms with Crippen LogP contribution in [0, 0.1) is 6.92 Å². The zero-order valence-electron chi connectivity index (χ0n) is 11.4. The molecule has 0 aliphatic heterocycles. The summed E-state index contributed by atoms with van der Waals surface area (Å²) in [5.74, 6) is 1.86. The lowest BCUT2D eigenvalue weighted by Crippen LogP contribution is -2.05. The van der Waals surface area contributed by atoms with Crippen molar-refractivity contribution >= 4 is 0 Å². The maximum absolute atomic E-state index is 5.78. The second kappa shape index (κ2) is 5.71. The molecule has 0 saturated heterocycles. The van der Waals surface area contributed by atoms with E-state index in [0.29, 0.717) is 17.4 Å². The Bertz CT molecular complexity index is 551. The van der Waals surface area contributed by atoms with Crippen molar-refractivity contribution < 1.29 is 9.47 Å². The van der Waals surface area contributed by atoms with Crippen LogP contribution in [0.1, 0.15) is 24.1 Å². The summed E-state index contributed by atoms with van der Waals surface area (Å²) in [4.78, 5) is 4.24. The van der Waals surface area contributed by atoms with Crippen LogP contribution in [0.25, 0.3) is 0 Å². The molecule has 0 aliphatic carbocycles. The SMILES string of the molecule is COc1cc(C)ccc1Oc1ccc(C(C)N)cn1. The fourth-order valence-electron chi connectivity index (χ4n) is 1.69. The van der Waals surface area contributed by atoms with Crippen molar-refractivity contribution in [3.63, 3.8) is 0 Å². The summed E-state index contributed by atoms with van der Waals surface area (Å²) in [6.07, 6.45) is 1.72. The van der Waals surface area contributed by atoms with E-state index < -0.39 is 0 Å². The van der Waals surface area contributed by atoms with E-state index in [1.807, 2.05) is 38.1 Å².